The van der Waals surface area contributed by atoms with E-state index < -0.39 is 11.7 Å². The highest BCUT2D eigenvalue weighted by atomic mass is 32.1. The standard InChI is InChI=1S/C11H9F3N4OS/c1-18-5-16-10(17-18)19-8-3-2-6(11(12,13)14)4-7(8)9(15)20/h2-5H,1H3,(H2,15,20). The van der Waals surface area contributed by atoms with Crippen LogP contribution in [0.5, 0.6) is 11.8 Å². The second-order valence-electron chi connectivity index (χ2n) is 3.88. The van der Waals surface area contributed by atoms with E-state index in [0.29, 0.717) is 0 Å². The Morgan fingerprint density at radius 1 is 1.40 bits per heavy atom. The molecule has 5 nitrogen and oxygen atoms in total. The van der Waals surface area contributed by atoms with Gasteiger partial charge in [-0.3, -0.25) is 4.68 Å². The van der Waals surface area contributed by atoms with Crippen LogP contribution in [0.2, 0.25) is 0 Å². The van der Waals surface area contributed by atoms with Crippen molar-refractivity contribution in [3.8, 4) is 11.8 Å². The van der Waals surface area contributed by atoms with Gasteiger partial charge < -0.3 is 10.5 Å². The number of benzene rings is 1. The molecule has 0 aliphatic heterocycles. The number of thiocarbonyl (C=S) groups is 1. The number of nitrogens with zero attached hydrogens (tertiary/aromatic N) is 3. The number of nitrogens with two attached hydrogens (primary N) is 1. The molecule has 20 heavy (non-hydrogen) atoms. The minimum Gasteiger partial charge on any atom is -0.422 e. The molecule has 9 heteroatoms. The summed E-state index contributed by atoms with van der Waals surface area (Å²) < 4.78 is 44.6. The van der Waals surface area contributed by atoms with Crippen molar-refractivity contribution in [2.24, 2.45) is 12.8 Å². The maximum atomic E-state index is 12.6. The molecule has 0 amide bonds. The molecule has 0 saturated heterocycles. The average molecular weight is 302 g/mol. The maximum absolute atomic E-state index is 12.6. The van der Waals surface area contributed by atoms with Crippen LogP contribution in [0.3, 0.4) is 0 Å². The lowest BCUT2D eigenvalue weighted by Crippen LogP contribution is -2.14. The predicted octanol–water partition coefficient (Wildman–Crippen LogP) is 2.26. The zero-order chi connectivity index (χ0) is 14.9. The summed E-state index contributed by atoms with van der Waals surface area (Å²) in [6, 6.07) is 2.83. The maximum Gasteiger partial charge on any atom is 0.416 e. The molecule has 0 bridgehead atoms. The van der Waals surface area contributed by atoms with Gasteiger partial charge in [-0.15, -0.1) is 5.10 Å². The number of hydrogen-bond acceptors (Lipinski definition) is 4. The van der Waals surface area contributed by atoms with Crippen LogP contribution >= 0.6 is 12.2 Å². The van der Waals surface area contributed by atoms with Crippen LogP contribution in [-0.4, -0.2) is 19.8 Å². The number of hydrogen-bond donors (Lipinski definition) is 1. The minimum absolute atomic E-state index is 0.00948. The van der Waals surface area contributed by atoms with Crippen LogP contribution < -0.4 is 10.5 Å². The van der Waals surface area contributed by atoms with Crippen LogP contribution in [0, 0.1) is 0 Å². The molecule has 106 valence electrons. The quantitative estimate of drug-likeness (QED) is 0.881. The topological polar surface area (TPSA) is 66.0 Å². The highest BCUT2D eigenvalue weighted by Crippen LogP contribution is 2.33. The Morgan fingerprint density at radius 3 is 2.60 bits per heavy atom. The fourth-order valence-electron chi connectivity index (χ4n) is 1.45. The number of halogens is 3. The average Bonchev–Trinajstić information content (AvgIpc) is 2.73. The minimum atomic E-state index is -4.48. The third-order valence-electron chi connectivity index (χ3n) is 2.35. The normalized spacial score (nSPS) is 11.4. The summed E-state index contributed by atoms with van der Waals surface area (Å²) in [7, 11) is 1.63. The van der Waals surface area contributed by atoms with Gasteiger partial charge in [-0.05, 0) is 18.2 Å². The molecule has 0 saturated carbocycles. The fourth-order valence-corrected chi connectivity index (χ4v) is 1.61. The summed E-state index contributed by atoms with van der Waals surface area (Å²) in [6.45, 7) is 0. The van der Waals surface area contributed by atoms with Crippen molar-refractivity contribution >= 4 is 17.2 Å². The number of ether oxygens (including phenoxy) is 1. The summed E-state index contributed by atoms with van der Waals surface area (Å²) >= 11 is 4.74. The lowest BCUT2D eigenvalue weighted by atomic mass is 10.1. The second kappa shape index (κ2) is 5.08. The lowest BCUT2D eigenvalue weighted by molar-refractivity contribution is -0.137. The number of rotatable bonds is 3. The van der Waals surface area contributed by atoms with E-state index in [2.05, 4.69) is 10.1 Å². The Hall–Kier alpha value is -2.16. The van der Waals surface area contributed by atoms with Gasteiger partial charge in [-0.25, -0.2) is 0 Å². The van der Waals surface area contributed by atoms with E-state index in [9.17, 15) is 13.2 Å². The van der Waals surface area contributed by atoms with Gasteiger partial charge in [0.1, 0.15) is 17.1 Å². The highest BCUT2D eigenvalue weighted by molar-refractivity contribution is 7.80. The molecule has 0 radical (unpaired) electrons. The van der Waals surface area contributed by atoms with Gasteiger partial charge in [0.2, 0.25) is 0 Å². The Labute approximate surface area is 117 Å². The van der Waals surface area contributed by atoms with Gasteiger partial charge in [0.25, 0.3) is 0 Å². The van der Waals surface area contributed by atoms with Crippen LogP contribution in [0.15, 0.2) is 24.5 Å². The first kappa shape index (κ1) is 14.3. The predicted molar refractivity (Wildman–Crippen MR) is 68.4 cm³/mol. The molecular weight excluding hydrogens is 293 g/mol. The van der Waals surface area contributed by atoms with E-state index in [0.717, 1.165) is 18.2 Å². The SMILES string of the molecule is Cn1cnc(Oc2ccc(C(F)(F)F)cc2C(N)=S)n1. The first-order valence-electron chi connectivity index (χ1n) is 5.32. The van der Waals surface area contributed by atoms with Crippen molar-refractivity contribution < 1.29 is 17.9 Å². The van der Waals surface area contributed by atoms with E-state index in [4.69, 9.17) is 22.7 Å². The van der Waals surface area contributed by atoms with Crippen molar-refractivity contribution in [3.63, 3.8) is 0 Å². The molecule has 1 heterocycles. The number of aryl methyl sites for hydroxylation is 1. The Bertz CT molecular complexity index is 653. The van der Waals surface area contributed by atoms with Crippen molar-refractivity contribution in [3.05, 3.63) is 35.7 Å². The Balaban J connectivity index is 2.40. The van der Waals surface area contributed by atoms with Crippen molar-refractivity contribution in [2.45, 2.75) is 6.18 Å². The molecule has 0 fully saturated rings. The van der Waals surface area contributed by atoms with Gasteiger partial charge in [-0.1, -0.05) is 12.2 Å². The number of alkyl halides is 3. The van der Waals surface area contributed by atoms with Crippen molar-refractivity contribution in [2.75, 3.05) is 0 Å². The number of aromatic nitrogens is 3. The molecule has 0 atom stereocenters. The summed E-state index contributed by atoms with van der Waals surface area (Å²) in [4.78, 5) is 3.60. The zero-order valence-corrected chi connectivity index (χ0v) is 11.0. The third-order valence-corrected chi connectivity index (χ3v) is 2.57. The molecular formula is C11H9F3N4OS. The van der Waals surface area contributed by atoms with E-state index in [-0.39, 0.29) is 22.3 Å². The monoisotopic (exact) mass is 302 g/mol. The van der Waals surface area contributed by atoms with Crippen LogP contribution in [0.25, 0.3) is 0 Å². The zero-order valence-electron chi connectivity index (χ0n) is 10.2. The third kappa shape index (κ3) is 3.05. The molecule has 2 rings (SSSR count). The Morgan fingerprint density at radius 2 is 2.10 bits per heavy atom. The highest BCUT2D eigenvalue weighted by Gasteiger charge is 2.31. The molecule has 1 aromatic heterocycles. The van der Waals surface area contributed by atoms with Crippen LogP contribution in [-0.2, 0) is 13.2 Å². The first-order chi connectivity index (χ1) is 9.27. The van der Waals surface area contributed by atoms with Gasteiger partial charge in [-0.2, -0.15) is 18.2 Å². The van der Waals surface area contributed by atoms with Crippen LogP contribution in [0.4, 0.5) is 13.2 Å². The summed E-state index contributed by atoms with van der Waals surface area (Å²) in [6.07, 6.45) is -3.10. The van der Waals surface area contributed by atoms with E-state index in [1.165, 1.54) is 11.0 Å². The summed E-state index contributed by atoms with van der Waals surface area (Å²) in [5.41, 5.74) is 4.54. The van der Waals surface area contributed by atoms with Gasteiger partial charge in [0, 0.05) is 7.05 Å². The van der Waals surface area contributed by atoms with Gasteiger partial charge in [0.15, 0.2) is 0 Å². The summed E-state index contributed by atoms with van der Waals surface area (Å²) in [5, 5.41) is 3.85. The molecule has 2 N–H and O–H groups in total. The molecule has 0 unspecified atom stereocenters. The smallest absolute Gasteiger partial charge is 0.416 e. The Kier molecular flexibility index (Phi) is 3.62. The lowest BCUT2D eigenvalue weighted by Gasteiger charge is -2.11. The summed E-state index contributed by atoms with van der Waals surface area (Å²) in [5.74, 6) is 0.0664. The molecule has 0 spiro atoms. The van der Waals surface area contributed by atoms with E-state index in [1.54, 1.807) is 7.05 Å². The first-order valence-corrected chi connectivity index (χ1v) is 5.73. The molecule has 0 aliphatic carbocycles. The van der Waals surface area contributed by atoms with Gasteiger partial charge in [0.05, 0.1) is 11.1 Å². The molecule has 0 aliphatic rings. The van der Waals surface area contributed by atoms with Crippen molar-refractivity contribution in [1.82, 2.24) is 14.8 Å². The molecule has 1 aromatic carbocycles. The second-order valence-corrected chi connectivity index (χ2v) is 4.32. The van der Waals surface area contributed by atoms with E-state index >= 15 is 0 Å². The van der Waals surface area contributed by atoms with Crippen molar-refractivity contribution in [1.29, 1.82) is 0 Å². The van der Waals surface area contributed by atoms with E-state index in [1.807, 2.05) is 0 Å². The van der Waals surface area contributed by atoms with Gasteiger partial charge >= 0.3 is 12.2 Å². The largest absolute Gasteiger partial charge is 0.422 e. The molecule has 2 aromatic rings. The fraction of sp³-hybridized carbons (Fsp3) is 0.182. The van der Waals surface area contributed by atoms with Crippen LogP contribution in [0.1, 0.15) is 11.1 Å².